The largest absolute Gasteiger partial charge is 1.00 e. The van der Waals surface area contributed by atoms with Crippen molar-refractivity contribution >= 4 is 5.97 Å². The van der Waals surface area contributed by atoms with E-state index in [1.165, 1.54) is 0 Å². The molecule has 0 heterocycles. The minimum atomic E-state index is -0.439. The predicted octanol–water partition coefficient (Wildman–Crippen LogP) is -2.85. The van der Waals surface area contributed by atoms with E-state index in [1.807, 2.05) is 21.1 Å². The first kappa shape index (κ1) is 14.7. The van der Waals surface area contributed by atoms with Gasteiger partial charge in [-0.15, -0.1) is 0 Å². The molecular weight excluding hydrogens is 192 g/mol. The van der Waals surface area contributed by atoms with Gasteiger partial charge in [0.05, 0.1) is 27.2 Å². The Hall–Kier alpha value is -0.790. The molecule has 5 heteroatoms. The van der Waals surface area contributed by atoms with E-state index in [1.54, 1.807) is 6.07 Å². The predicted molar refractivity (Wildman–Crippen MR) is 44.1 cm³/mol. The Morgan fingerprint density at radius 2 is 2.00 bits per heavy atom. The van der Waals surface area contributed by atoms with E-state index in [2.05, 4.69) is 0 Å². The maximum atomic E-state index is 10.7. The summed E-state index contributed by atoms with van der Waals surface area (Å²) in [6.07, 6.45) is -0.156. The Balaban J connectivity index is 0. The zero-order chi connectivity index (χ0) is 9.61. The average Bonchev–Trinajstić information content (AvgIpc) is 1.84. The van der Waals surface area contributed by atoms with Crippen LogP contribution in [0.2, 0.25) is 0 Å². The zero-order valence-electron chi connectivity index (χ0n) is 8.21. The molecule has 0 radical (unpaired) electrons. The van der Waals surface area contributed by atoms with Crippen LogP contribution < -0.4 is 12.4 Å². The molecule has 4 nitrogen and oxygen atoms in total. The number of nitrogens with zero attached hydrogens (tertiary/aromatic N) is 2. The number of hydrogen-bond acceptors (Lipinski definition) is 3. The van der Waals surface area contributed by atoms with Gasteiger partial charge in [0.1, 0.15) is 19.6 Å². The molecule has 0 saturated carbocycles. The Bertz CT molecular complexity index is 193. The summed E-state index contributed by atoms with van der Waals surface area (Å²) in [5.74, 6) is -0.439. The van der Waals surface area contributed by atoms with Crippen LogP contribution in [0, 0.1) is 11.3 Å². The van der Waals surface area contributed by atoms with Crippen molar-refractivity contribution in [3.8, 4) is 6.07 Å². The van der Waals surface area contributed by atoms with Crippen LogP contribution in [-0.4, -0.2) is 44.7 Å². The van der Waals surface area contributed by atoms with Crippen LogP contribution in [0.3, 0.4) is 0 Å². The van der Waals surface area contributed by atoms with E-state index in [-0.39, 0.29) is 18.8 Å². The van der Waals surface area contributed by atoms with Crippen molar-refractivity contribution < 1.29 is 26.4 Å². The first-order valence-electron chi connectivity index (χ1n) is 3.79. The van der Waals surface area contributed by atoms with Gasteiger partial charge in [0, 0.05) is 0 Å². The smallest absolute Gasteiger partial charge is 0.320 e. The van der Waals surface area contributed by atoms with Crippen LogP contribution in [0.15, 0.2) is 0 Å². The Morgan fingerprint density at radius 3 is 2.38 bits per heavy atom. The van der Waals surface area contributed by atoms with Gasteiger partial charge < -0.3 is 21.6 Å². The molecule has 0 unspecified atom stereocenters. The number of esters is 1. The molecular formula is C8H15ClN2O2. The van der Waals surface area contributed by atoms with E-state index in [4.69, 9.17) is 10.00 Å². The number of rotatable bonds is 4. The lowest BCUT2D eigenvalue weighted by Crippen LogP contribution is -3.00. The number of likely N-dealkylation sites (N-methyl/N-ethyl adjacent to an activating group) is 1. The topological polar surface area (TPSA) is 50.1 Å². The molecule has 0 aliphatic heterocycles. The van der Waals surface area contributed by atoms with Gasteiger partial charge in [-0.25, -0.2) is 0 Å². The number of ether oxygens (including phenoxy) is 1. The van der Waals surface area contributed by atoms with Gasteiger partial charge in [-0.2, -0.15) is 5.26 Å². The van der Waals surface area contributed by atoms with E-state index < -0.39 is 5.97 Å². The van der Waals surface area contributed by atoms with Crippen molar-refractivity contribution in [2.75, 3.05) is 34.3 Å². The fourth-order valence-corrected chi connectivity index (χ4v) is 0.549. The Morgan fingerprint density at radius 1 is 1.46 bits per heavy atom. The second-order valence-electron chi connectivity index (χ2n) is 3.57. The zero-order valence-corrected chi connectivity index (χ0v) is 8.97. The minimum Gasteiger partial charge on any atom is -1.00 e. The lowest BCUT2D eigenvalue weighted by molar-refractivity contribution is -0.870. The van der Waals surface area contributed by atoms with Crippen LogP contribution in [0.1, 0.15) is 6.42 Å². The molecule has 0 amide bonds. The lowest BCUT2D eigenvalue weighted by Gasteiger charge is -2.23. The third-order valence-corrected chi connectivity index (χ3v) is 1.25. The van der Waals surface area contributed by atoms with Crippen LogP contribution in [0.4, 0.5) is 0 Å². The third-order valence-electron chi connectivity index (χ3n) is 1.25. The second-order valence-corrected chi connectivity index (χ2v) is 3.57. The quantitative estimate of drug-likeness (QED) is 0.368. The Kier molecular flexibility index (Phi) is 7.58. The van der Waals surface area contributed by atoms with E-state index >= 15 is 0 Å². The summed E-state index contributed by atoms with van der Waals surface area (Å²) in [5, 5.41) is 8.14. The molecule has 0 aliphatic rings. The first-order chi connectivity index (χ1) is 5.45. The highest BCUT2D eigenvalue weighted by atomic mass is 35.5. The van der Waals surface area contributed by atoms with Crippen LogP contribution in [-0.2, 0) is 9.53 Å². The highest BCUT2D eigenvalue weighted by Gasteiger charge is 2.08. The van der Waals surface area contributed by atoms with Gasteiger partial charge in [-0.05, 0) is 0 Å². The van der Waals surface area contributed by atoms with Crippen LogP contribution >= 0.6 is 0 Å². The molecule has 0 rings (SSSR count). The number of nitriles is 1. The van der Waals surface area contributed by atoms with Gasteiger partial charge in [0.25, 0.3) is 0 Å². The molecule has 0 spiro atoms. The summed E-state index contributed by atoms with van der Waals surface area (Å²) in [5.41, 5.74) is 0. The molecule has 0 fully saturated rings. The van der Waals surface area contributed by atoms with E-state index in [0.717, 1.165) is 11.0 Å². The highest BCUT2D eigenvalue weighted by molar-refractivity contribution is 5.71. The van der Waals surface area contributed by atoms with Crippen molar-refractivity contribution in [3.63, 3.8) is 0 Å². The molecule has 76 valence electrons. The molecule has 13 heavy (non-hydrogen) atoms. The number of carbonyl (C=O) groups is 1. The fourth-order valence-electron chi connectivity index (χ4n) is 0.549. The SMILES string of the molecule is C[N+](C)(C)CCOC(=O)CC#N.[Cl-]. The van der Waals surface area contributed by atoms with Crippen molar-refractivity contribution in [3.05, 3.63) is 0 Å². The van der Waals surface area contributed by atoms with Crippen molar-refractivity contribution in [1.82, 2.24) is 0 Å². The number of carbonyl (C=O) groups excluding carboxylic acids is 1. The van der Waals surface area contributed by atoms with Gasteiger partial charge in [-0.3, -0.25) is 4.79 Å². The van der Waals surface area contributed by atoms with Gasteiger partial charge in [0.2, 0.25) is 0 Å². The monoisotopic (exact) mass is 206 g/mol. The normalized spacial score (nSPS) is 9.69. The molecule has 0 aromatic carbocycles. The summed E-state index contributed by atoms with van der Waals surface area (Å²) in [7, 11) is 6.04. The number of quaternary nitrogens is 1. The maximum Gasteiger partial charge on any atom is 0.320 e. The fraction of sp³-hybridized carbons (Fsp3) is 0.750. The second kappa shape index (κ2) is 6.70. The summed E-state index contributed by atoms with van der Waals surface area (Å²) in [4.78, 5) is 10.7. The van der Waals surface area contributed by atoms with Gasteiger partial charge in [0.15, 0.2) is 0 Å². The number of hydrogen-bond donors (Lipinski definition) is 0. The lowest BCUT2D eigenvalue weighted by atomic mass is 10.5. The summed E-state index contributed by atoms with van der Waals surface area (Å²) in [6, 6.07) is 1.74. The van der Waals surface area contributed by atoms with Gasteiger partial charge in [-0.1, -0.05) is 0 Å². The first-order valence-corrected chi connectivity index (χ1v) is 3.79. The third kappa shape index (κ3) is 11.2. The minimum absolute atomic E-state index is 0. The van der Waals surface area contributed by atoms with Gasteiger partial charge >= 0.3 is 5.97 Å². The molecule has 0 aromatic heterocycles. The molecule has 0 bridgehead atoms. The number of halogens is 1. The van der Waals surface area contributed by atoms with Crippen molar-refractivity contribution in [1.29, 1.82) is 5.26 Å². The summed E-state index contributed by atoms with van der Waals surface area (Å²) in [6.45, 7) is 1.14. The highest BCUT2D eigenvalue weighted by Crippen LogP contribution is 1.91. The van der Waals surface area contributed by atoms with Crippen LogP contribution in [0.25, 0.3) is 0 Å². The van der Waals surface area contributed by atoms with Crippen LogP contribution in [0.5, 0.6) is 0 Å². The molecule has 0 saturated heterocycles. The van der Waals surface area contributed by atoms with E-state index in [9.17, 15) is 4.79 Å². The maximum absolute atomic E-state index is 10.7. The van der Waals surface area contributed by atoms with Crippen molar-refractivity contribution in [2.45, 2.75) is 6.42 Å². The molecule has 0 atom stereocenters. The Labute approximate surface area is 85.1 Å². The molecule has 0 aliphatic carbocycles. The van der Waals surface area contributed by atoms with Crippen molar-refractivity contribution in [2.24, 2.45) is 0 Å². The summed E-state index contributed by atoms with van der Waals surface area (Å²) >= 11 is 0. The molecule has 0 N–H and O–H groups in total. The summed E-state index contributed by atoms with van der Waals surface area (Å²) < 4.78 is 5.53. The standard InChI is InChI=1S/C8H15N2O2.ClH/c1-10(2,3)6-7-12-8(11)4-5-9;/h4,6-7H2,1-3H3;1H/q+1;/p-1. The molecule has 0 aromatic rings. The average molecular weight is 207 g/mol. The van der Waals surface area contributed by atoms with E-state index in [0.29, 0.717) is 6.61 Å².